The Kier molecular flexibility index (Phi) is 6.37. The maximum absolute atomic E-state index is 12.1. The highest BCUT2D eigenvalue weighted by Crippen LogP contribution is 2.29. The summed E-state index contributed by atoms with van der Waals surface area (Å²) in [6.45, 7) is 0. The molecule has 1 amide bonds. The highest BCUT2D eigenvalue weighted by molar-refractivity contribution is 9.10. The molecule has 0 heterocycles. The number of hydrogen-bond acceptors (Lipinski definition) is 4. The largest absolute Gasteiger partial charge is 0.497 e. The lowest BCUT2D eigenvalue weighted by Gasteiger charge is -2.11. The van der Waals surface area contributed by atoms with E-state index >= 15 is 0 Å². The van der Waals surface area contributed by atoms with Gasteiger partial charge in [-0.2, -0.15) is 0 Å². The van der Waals surface area contributed by atoms with Crippen LogP contribution in [0.4, 0.5) is 5.69 Å². The average Bonchev–Trinajstić information content (AvgIpc) is 2.60. The maximum atomic E-state index is 12.1. The molecule has 0 aliphatic rings. The van der Waals surface area contributed by atoms with Crippen LogP contribution in [0.5, 0.6) is 11.5 Å². The summed E-state index contributed by atoms with van der Waals surface area (Å²) >= 11 is 3.32. The minimum Gasteiger partial charge on any atom is -0.497 e. The Labute approximate surface area is 149 Å². The first kappa shape index (κ1) is 18.0. The van der Waals surface area contributed by atoms with Gasteiger partial charge in [0, 0.05) is 28.9 Å². The van der Waals surface area contributed by atoms with E-state index in [2.05, 4.69) is 21.2 Å². The Balaban J connectivity index is 1.93. The van der Waals surface area contributed by atoms with Gasteiger partial charge in [0.25, 0.3) is 0 Å². The first-order chi connectivity index (χ1) is 11.5. The predicted octanol–water partition coefficient (Wildman–Crippen LogP) is 4.07. The van der Waals surface area contributed by atoms with Gasteiger partial charge >= 0.3 is 0 Å². The molecule has 0 bridgehead atoms. The van der Waals surface area contributed by atoms with Gasteiger partial charge in [0.15, 0.2) is 5.78 Å². The summed E-state index contributed by atoms with van der Waals surface area (Å²) in [6.07, 6.45) is 0.246. The molecule has 6 heteroatoms. The van der Waals surface area contributed by atoms with Gasteiger partial charge in [0.2, 0.25) is 5.91 Å². The van der Waals surface area contributed by atoms with E-state index in [1.54, 1.807) is 49.6 Å². The third-order valence-corrected chi connectivity index (χ3v) is 3.96. The molecule has 0 saturated carbocycles. The monoisotopic (exact) mass is 391 g/mol. The van der Waals surface area contributed by atoms with E-state index in [9.17, 15) is 9.59 Å². The van der Waals surface area contributed by atoms with E-state index < -0.39 is 0 Å². The zero-order valence-electron chi connectivity index (χ0n) is 13.5. The normalized spacial score (nSPS) is 10.1. The second kappa shape index (κ2) is 8.49. The quantitative estimate of drug-likeness (QED) is 0.722. The number of rotatable bonds is 7. The molecular weight excluding hydrogens is 374 g/mol. The first-order valence-corrected chi connectivity index (χ1v) is 8.13. The minimum atomic E-state index is -0.246. The summed E-state index contributed by atoms with van der Waals surface area (Å²) < 4.78 is 11.2. The standard InChI is InChI=1S/C18H18BrNO4/c1-23-14-7-8-15(17(11-14)24-2)20-18(22)10-9-16(21)12-3-5-13(19)6-4-12/h3-8,11H,9-10H2,1-2H3,(H,20,22). The topological polar surface area (TPSA) is 64.6 Å². The number of ether oxygens (including phenoxy) is 2. The molecule has 0 fully saturated rings. The second-order valence-electron chi connectivity index (χ2n) is 5.04. The van der Waals surface area contributed by atoms with E-state index in [1.807, 2.05) is 0 Å². The summed E-state index contributed by atoms with van der Waals surface area (Å²) in [7, 11) is 3.07. The van der Waals surface area contributed by atoms with Crippen molar-refractivity contribution < 1.29 is 19.1 Å². The van der Waals surface area contributed by atoms with Gasteiger partial charge in [-0.25, -0.2) is 0 Å². The van der Waals surface area contributed by atoms with Gasteiger partial charge < -0.3 is 14.8 Å². The molecule has 0 aromatic heterocycles. The van der Waals surface area contributed by atoms with Crippen molar-refractivity contribution in [1.82, 2.24) is 0 Å². The Bertz CT molecular complexity index is 728. The lowest BCUT2D eigenvalue weighted by Crippen LogP contribution is -2.14. The fraction of sp³-hybridized carbons (Fsp3) is 0.222. The van der Waals surface area contributed by atoms with E-state index in [0.717, 1.165) is 4.47 Å². The molecule has 5 nitrogen and oxygen atoms in total. The van der Waals surface area contributed by atoms with E-state index in [4.69, 9.17) is 9.47 Å². The molecule has 126 valence electrons. The first-order valence-electron chi connectivity index (χ1n) is 7.34. The Morgan fingerprint density at radius 2 is 1.71 bits per heavy atom. The van der Waals surface area contributed by atoms with E-state index in [0.29, 0.717) is 22.7 Å². The van der Waals surface area contributed by atoms with Crippen molar-refractivity contribution in [2.24, 2.45) is 0 Å². The van der Waals surface area contributed by atoms with Crippen LogP contribution >= 0.6 is 15.9 Å². The molecule has 0 spiro atoms. The van der Waals surface area contributed by atoms with Crippen molar-refractivity contribution in [3.05, 3.63) is 52.5 Å². The van der Waals surface area contributed by atoms with Crippen LogP contribution in [0.15, 0.2) is 46.9 Å². The van der Waals surface area contributed by atoms with Crippen LogP contribution in [0.25, 0.3) is 0 Å². The van der Waals surface area contributed by atoms with Crippen LogP contribution in [0.2, 0.25) is 0 Å². The number of hydrogen-bond donors (Lipinski definition) is 1. The summed E-state index contributed by atoms with van der Waals surface area (Å²) in [5.74, 6) is 0.820. The van der Waals surface area contributed by atoms with Crippen molar-refractivity contribution >= 4 is 33.3 Å². The Hall–Kier alpha value is -2.34. The molecule has 0 saturated heterocycles. The zero-order valence-corrected chi connectivity index (χ0v) is 15.1. The van der Waals surface area contributed by atoms with E-state index in [1.165, 1.54) is 7.11 Å². The fourth-order valence-electron chi connectivity index (χ4n) is 2.12. The number of carbonyl (C=O) groups excluding carboxylic acids is 2. The van der Waals surface area contributed by atoms with Crippen LogP contribution in [0.3, 0.4) is 0 Å². The zero-order chi connectivity index (χ0) is 17.5. The van der Waals surface area contributed by atoms with Gasteiger partial charge in [-0.3, -0.25) is 9.59 Å². The molecule has 2 aromatic carbocycles. The maximum Gasteiger partial charge on any atom is 0.224 e. The number of methoxy groups -OCH3 is 2. The highest BCUT2D eigenvalue weighted by Gasteiger charge is 2.12. The molecule has 2 aromatic rings. The van der Waals surface area contributed by atoms with Crippen molar-refractivity contribution in [2.75, 3.05) is 19.5 Å². The predicted molar refractivity (Wildman–Crippen MR) is 95.9 cm³/mol. The number of anilines is 1. The van der Waals surface area contributed by atoms with Crippen LogP contribution in [0.1, 0.15) is 23.2 Å². The SMILES string of the molecule is COc1ccc(NC(=O)CCC(=O)c2ccc(Br)cc2)c(OC)c1. The van der Waals surface area contributed by atoms with Crippen molar-refractivity contribution in [3.8, 4) is 11.5 Å². The molecule has 1 N–H and O–H groups in total. The minimum absolute atomic E-state index is 0.0701. The van der Waals surface area contributed by atoms with Gasteiger partial charge in [0.05, 0.1) is 19.9 Å². The van der Waals surface area contributed by atoms with Crippen LogP contribution in [-0.4, -0.2) is 25.9 Å². The highest BCUT2D eigenvalue weighted by atomic mass is 79.9. The van der Waals surface area contributed by atoms with E-state index in [-0.39, 0.29) is 24.5 Å². The van der Waals surface area contributed by atoms with Crippen LogP contribution in [0, 0.1) is 0 Å². The summed E-state index contributed by atoms with van der Waals surface area (Å²) in [5.41, 5.74) is 1.13. The van der Waals surface area contributed by atoms with Gasteiger partial charge in [-0.15, -0.1) is 0 Å². The fourth-order valence-corrected chi connectivity index (χ4v) is 2.39. The third-order valence-electron chi connectivity index (χ3n) is 3.43. The Morgan fingerprint density at radius 1 is 1.00 bits per heavy atom. The van der Waals surface area contributed by atoms with Gasteiger partial charge in [-0.05, 0) is 24.3 Å². The summed E-state index contributed by atoms with van der Waals surface area (Å²) in [4.78, 5) is 24.2. The van der Waals surface area contributed by atoms with Crippen molar-refractivity contribution in [2.45, 2.75) is 12.8 Å². The lowest BCUT2D eigenvalue weighted by molar-refractivity contribution is -0.116. The molecule has 0 atom stereocenters. The molecule has 2 rings (SSSR count). The number of ketones is 1. The number of nitrogens with one attached hydrogen (secondary N) is 1. The van der Waals surface area contributed by atoms with Crippen LogP contribution < -0.4 is 14.8 Å². The number of Topliss-reactive ketones (excluding diaryl/α,β-unsaturated/α-hetero) is 1. The second-order valence-corrected chi connectivity index (χ2v) is 5.96. The molecule has 24 heavy (non-hydrogen) atoms. The Morgan fingerprint density at radius 3 is 2.33 bits per heavy atom. The average molecular weight is 392 g/mol. The summed E-state index contributed by atoms with van der Waals surface area (Å²) in [5, 5.41) is 2.75. The molecular formula is C18H18BrNO4. The summed E-state index contributed by atoms with van der Waals surface area (Å²) in [6, 6.07) is 12.2. The van der Waals surface area contributed by atoms with Crippen LogP contribution in [-0.2, 0) is 4.79 Å². The molecule has 0 aliphatic heterocycles. The number of amides is 1. The smallest absolute Gasteiger partial charge is 0.224 e. The lowest BCUT2D eigenvalue weighted by atomic mass is 10.1. The van der Waals surface area contributed by atoms with Crippen molar-refractivity contribution in [3.63, 3.8) is 0 Å². The third kappa shape index (κ3) is 4.83. The van der Waals surface area contributed by atoms with Gasteiger partial charge in [0.1, 0.15) is 11.5 Å². The number of carbonyl (C=O) groups is 2. The number of benzene rings is 2. The number of halogens is 1. The molecule has 0 unspecified atom stereocenters. The van der Waals surface area contributed by atoms with Crippen molar-refractivity contribution in [1.29, 1.82) is 0 Å². The molecule has 0 aliphatic carbocycles. The molecule has 0 radical (unpaired) electrons. The van der Waals surface area contributed by atoms with Gasteiger partial charge in [-0.1, -0.05) is 28.1 Å².